The number of fused-ring (bicyclic) bond motifs is 5. The Morgan fingerprint density at radius 1 is 0.278 bits per heavy atom. The Morgan fingerprint density at radius 2 is 0.667 bits per heavy atom. The second kappa shape index (κ2) is 13.4. The highest BCUT2D eigenvalue weighted by molar-refractivity contribution is 6.19. The van der Waals surface area contributed by atoms with E-state index in [2.05, 4.69) is 217 Å². The maximum atomic E-state index is 6.39. The van der Waals surface area contributed by atoms with Crippen molar-refractivity contribution in [3.8, 4) is 44.5 Å². The Kier molecular flexibility index (Phi) is 7.85. The first-order valence-corrected chi connectivity index (χ1v) is 18.4. The SMILES string of the molecule is c1ccc(-c2ccc(-c3ccc(N(c4ccc(-c5ccc(-c6ccccc6)cc5)cc4)c4ccc5oc6ccc7ccccc7c6c5c4)cc3)cc2)cc1. The Morgan fingerprint density at radius 3 is 1.17 bits per heavy atom. The van der Waals surface area contributed by atoms with Gasteiger partial charge >= 0.3 is 0 Å². The van der Waals surface area contributed by atoms with Gasteiger partial charge in [0.15, 0.2) is 0 Å². The van der Waals surface area contributed by atoms with Gasteiger partial charge in [-0.25, -0.2) is 0 Å². The average Bonchev–Trinajstić information content (AvgIpc) is 3.64. The lowest BCUT2D eigenvalue weighted by atomic mass is 9.99. The fourth-order valence-corrected chi connectivity index (χ4v) is 7.70. The molecular formula is C52H35NO. The summed E-state index contributed by atoms with van der Waals surface area (Å²) in [5.74, 6) is 0. The van der Waals surface area contributed by atoms with E-state index >= 15 is 0 Å². The van der Waals surface area contributed by atoms with Crippen LogP contribution in [-0.2, 0) is 0 Å². The first-order valence-electron chi connectivity index (χ1n) is 18.4. The summed E-state index contributed by atoms with van der Waals surface area (Å²) in [5, 5.41) is 4.65. The third kappa shape index (κ3) is 5.81. The number of hydrogen-bond donors (Lipinski definition) is 0. The summed E-state index contributed by atoms with van der Waals surface area (Å²) in [5.41, 5.74) is 14.6. The molecule has 10 rings (SSSR count). The Hall–Kier alpha value is -7.16. The van der Waals surface area contributed by atoms with Crippen LogP contribution in [0.2, 0.25) is 0 Å². The van der Waals surface area contributed by atoms with Gasteiger partial charge < -0.3 is 9.32 Å². The number of hydrogen-bond acceptors (Lipinski definition) is 2. The van der Waals surface area contributed by atoms with Crippen molar-refractivity contribution in [3.63, 3.8) is 0 Å². The van der Waals surface area contributed by atoms with Crippen LogP contribution in [0.3, 0.4) is 0 Å². The molecular weight excluding hydrogens is 655 g/mol. The van der Waals surface area contributed by atoms with E-state index in [9.17, 15) is 0 Å². The molecule has 0 fully saturated rings. The van der Waals surface area contributed by atoms with E-state index < -0.39 is 0 Å². The van der Waals surface area contributed by atoms with Crippen molar-refractivity contribution in [2.75, 3.05) is 4.90 Å². The highest BCUT2D eigenvalue weighted by Gasteiger charge is 2.17. The van der Waals surface area contributed by atoms with Gasteiger partial charge in [-0.3, -0.25) is 0 Å². The molecule has 1 heterocycles. The first-order chi connectivity index (χ1) is 26.7. The summed E-state index contributed by atoms with van der Waals surface area (Å²) in [6.07, 6.45) is 0. The fraction of sp³-hybridized carbons (Fsp3) is 0. The quantitative estimate of drug-likeness (QED) is 0.166. The smallest absolute Gasteiger partial charge is 0.136 e. The zero-order chi connectivity index (χ0) is 35.8. The van der Waals surface area contributed by atoms with Gasteiger partial charge in [-0.15, -0.1) is 0 Å². The van der Waals surface area contributed by atoms with Gasteiger partial charge in [-0.05, 0) is 104 Å². The van der Waals surface area contributed by atoms with Crippen molar-refractivity contribution in [1.29, 1.82) is 0 Å². The lowest BCUT2D eigenvalue weighted by molar-refractivity contribution is 0.669. The van der Waals surface area contributed by atoms with Crippen LogP contribution in [0.15, 0.2) is 217 Å². The molecule has 0 N–H and O–H groups in total. The van der Waals surface area contributed by atoms with Crippen LogP contribution < -0.4 is 4.90 Å². The van der Waals surface area contributed by atoms with Crippen molar-refractivity contribution in [3.05, 3.63) is 212 Å². The summed E-state index contributed by atoms with van der Waals surface area (Å²) < 4.78 is 6.39. The van der Waals surface area contributed by atoms with Crippen LogP contribution in [-0.4, -0.2) is 0 Å². The molecule has 10 aromatic rings. The number of benzene rings is 9. The molecule has 2 nitrogen and oxygen atoms in total. The molecule has 54 heavy (non-hydrogen) atoms. The molecule has 0 bridgehead atoms. The molecule has 0 atom stereocenters. The van der Waals surface area contributed by atoms with Crippen LogP contribution >= 0.6 is 0 Å². The molecule has 254 valence electrons. The van der Waals surface area contributed by atoms with Crippen molar-refractivity contribution in [2.24, 2.45) is 0 Å². The predicted octanol–water partition coefficient (Wildman–Crippen LogP) is 14.9. The largest absolute Gasteiger partial charge is 0.456 e. The lowest BCUT2D eigenvalue weighted by Gasteiger charge is -2.26. The van der Waals surface area contributed by atoms with Crippen LogP contribution in [0.1, 0.15) is 0 Å². The highest BCUT2D eigenvalue weighted by Crippen LogP contribution is 2.41. The Labute approximate surface area is 314 Å². The van der Waals surface area contributed by atoms with Gasteiger partial charge in [0.25, 0.3) is 0 Å². The molecule has 0 aliphatic heterocycles. The van der Waals surface area contributed by atoms with Gasteiger partial charge in [0.1, 0.15) is 11.2 Å². The average molecular weight is 690 g/mol. The number of nitrogens with zero attached hydrogens (tertiary/aromatic N) is 1. The fourth-order valence-electron chi connectivity index (χ4n) is 7.70. The highest BCUT2D eigenvalue weighted by atomic mass is 16.3. The van der Waals surface area contributed by atoms with Crippen molar-refractivity contribution < 1.29 is 4.42 Å². The van der Waals surface area contributed by atoms with Gasteiger partial charge in [0, 0.05) is 27.8 Å². The number of furan rings is 1. The zero-order valence-electron chi connectivity index (χ0n) is 29.6. The molecule has 0 aliphatic rings. The molecule has 0 saturated carbocycles. The van der Waals surface area contributed by atoms with E-state index in [1.165, 1.54) is 55.3 Å². The molecule has 0 aliphatic carbocycles. The van der Waals surface area contributed by atoms with Crippen molar-refractivity contribution >= 4 is 49.8 Å². The maximum Gasteiger partial charge on any atom is 0.136 e. The normalized spacial score (nSPS) is 11.3. The van der Waals surface area contributed by atoms with E-state index in [4.69, 9.17) is 4.42 Å². The van der Waals surface area contributed by atoms with E-state index in [0.29, 0.717) is 0 Å². The number of anilines is 3. The van der Waals surface area contributed by atoms with Crippen LogP contribution in [0.4, 0.5) is 17.1 Å². The standard InChI is InChI=1S/C52H35NO/c1-3-9-36(10-4-1)38-15-19-40(20-16-38)42-23-28-45(29-24-42)53(46-30-25-43(26-31-46)41-21-17-39(18-22-41)37-11-5-2-6-12-37)47-32-34-50-49(35-47)52-48-14-8-7-13-44(48)27-33-51(52)54-50/h1-35H. The second-order valence-corrected chi connectivity index (χ2v) is 13.8. The molecule has 0 unspecified atom stereocenters. The molecule has 2 heteroatoms. The Balaban J connectivity index is 1.04. The lowest BCUT2D eigenvalue weighted by Crippen LogP contribution is -2.09. The molecule has 0 radical (unpaired) electrons. The van der Waals surface area contributed by atoms with Crippen LogP contribution in [0.25, 0.3) is 77.2 Å². The molecule has 9 aromatic carbocycles. The summed E-state index contributed by atoms with van der Waals surface area (Å²) in [4.78, 5) is 2.34. The maximum absolute atomic E-state index is 6.39. The van der Waals surface area contributed by atoms with E-state index in [1.54, 1.807) is 0 Å². The van der Waals surface area contributed by atoms with Crippen LogP contribution in [0, 0.1) is 0 Å². The minimum absolute atomic E-state index is 0.883. The molecule has 0 amide bonds. The first kappa shape index (κ1) is 31.6. The number of rotatable bonds is 7. The molecule has 0 spiro atoms. The molecule has 0 saturated heterocycles. The minimum Gasteiger partial charge on any atom is -0.456 e. The summed E-state index contributed by atoms with van der Waals surface area (Å²) in [6.45, 7) is 0. The third-order valence-electron chi connectivity index (χ3n) is 10.5. The second-order valence-electron chi connectivity index (χ2n) is 13.8. The van der Waals surface area contributed by atoms with Crippen molar-refractivity contribution in [1.82, 2.24) is 0 Å². The summed E-state index contributed by atoms with van der Waals surface area (Å²) in [7, 11) is 0. The van der Waals surface area contributed by atoms with E-state index in [1.807, 2.05) is 0 Å². The minimum atomic E-state index is 0.883. The summed E-state index contributed by atoms with van der Waals surface area (Å²) >= 11 is 0. The summed E-state index contributed by atoms with van der Waals surface area (Å²) in [6, 6.07) is 75.8. The Bertz CT molecular complexity index is 2750. The van der Waals surface area contributed by atoms with Crippen LogP contribution in [0.5, 0.6) is 0 Å². The topological polar surface area (TPSA) is 16.4 Å². The van der Waals surface area contributed by atoms with Gasteiger partial charge in [-0.1, -0.05) is 164 Å². The van der Waals surface area contributed by atoms with Gasteiger partial charge in [0.05, 0.1) is 0 Å². The van der Waals surface area contributed by atoms with Gasteiger partial charge in [0.2, 0.25) is 0 Å². The van der Waals surface area contributed by atoms with Gasteiger partial charge in [-0.2, -0.15) is 0 Å². The van der Waals surface area contributed by atoms with Crippen molar-refractivity contribution in [2.45, 2.75) is 0 Å². The van der Waals surface area contributed by atoms with E-state index in [0.717, 1.165) is 39.0 Å². The molecule has 1 aromatic heterocycles. The predicted molar refractivity (Wildman–Crippen MR) is 228 cm³/mol. The monoisotopic (exact) mass is 689 g/mol. The zero-order valence-corrected chi connectivity index (χ0v) is 29.6. The van der Waals surface area contributed by atoms with E-state index in [-0.39, 0.29) is 0 Å². The third-order valence-corrected chi connectivity index (χ3v) is 10.5.